The highest BCUT2D eigenvalue weighted by molar-refractivity contribution is 5.98. The third kappa shape index (κ3) is 4.33. The van der Waals surface area contributed by atoms with Gasteiger partial charge in [0.2, 0.25) is 5.91 Å². The quantitative estimate of drug-likeness (QED) is 0.749. The number of nitrogens with one attached hydrogen (secondary N) is 1. The van der Waals surface area contributed by atoms with Gasteiger partial charge in [-0.1, -0.05) is 26.5 Å². The minimum atomic E-state index is -0.554. The fraction of sp³-hybridized carbons (Fsp3) is 0.533. The average molecular weight is 280 g/mol. The fourth-order valence-corrected chi connectivity index (χ4v) is 1.91. The Labute approximate surface area is 120 Å². The van der Waals surface area contributed by atoms with Gasteiger partial charge < -0.3 is 15.0 Å². The van der Waals surface area contributed by atoms with Crippen LogP contribution >= 0.6 is 0 Å². The summed E-state index contributed by atoms with van der Waals surface area (Å²) in [6, 6.07) is -0.554. The molecule has 0 saturated heterocycles. The Morgan fingerprint density at radius 2 is 2.10 bits per heavy atom. The van der Waals surface area contributed by atoms with Crippen molar-refractivity contribution in [3.63, 3.8) is 0 Å². The second-order valence-electron chi connectivity index (χ2n) is 4.20. The van der Waals surface area contributed by atoms with Crippen LogP contribution in [0.2, 0.25) is 0 Å². The van der Waals surface area contributed by atoms with E-state index >= 15 is 0 Å². The van der Waals surface area contributed by atoms with E-state index in [0.29, 0.717) is 18.5 Å². The zero-order chi connectivity index (χ0) is 15.7. The van der Waals surface area contributed by atoms with E-state index in [2.05, 4.69) is 11.9 Å². The molecule has 0 aliphatic carbocycles. The van der Waals surface area contributed by atoms with Crippen LogP contribution in [0.25, 0.3) is 0 Å². The van der Waals surface area contributed by atoms with Crippen LogP contribution in [0.4, 0.5) is 0 Å². The van der Waals surface area contributed by atoms with Crippen molar-refractivity contribution in [2.75, 3.05) is 13.6 Å². The molecule has 0 fully saturated rings. The van der Waals surface area contributed by atoms with E-state index in [4.69, 9.17) is 0 Å². The number of aldehydes is 1. The van der Waals surface area contributed by atoms with E-state index in [9.17, 15) is 14.4 Å². The minimum absolute atomic E-state index is 0.137. The van der Waals surface area contributed by atoms with E-state index in [1.807, 2.05) is 13.8 Å². The van der Waals surface area contributed by atoms with Crippen molar-refractivity contribution in [1.82, 2.24) is 10.2 Å². The van der Waals surface area contributed by atoms with Crippen LogP contribution in [0, 0.1) is 0 Å². The Morgan fingerprint density at radius 3 is 2.50 bits per heavy atom. The third-order valence-electron chi connectivity index (χ3n) is 3.15. The summed E-state index contributed by atoms with van der Waals surface area (Å²) in [7, 11) is 1.54. The van der Waals surface area contributed by atoms with Crippen molar-refractivity contribution in [2.45, 2.75) is 39.7 Å². The topological polar surface area (TPSA) is 66.5 Å². The molecule has 20 heavy (non-hydrogen) atoms. The molecule has 1 rings (SSSR count). The van der Waals surface area contributed by atoms with Crippen LogP contribution in [-0.4, -0.2) is 42.6 Å². The highest BCUT2D eigenvalue weighted by atomic mass is 16.2. The molecule has 0 aromatic rings. The van der Waals surface area contributed by atoms with Gasteiger partial charge in [-0.05, 0) is 18.9 Å². The maximum Gasteiger partial charge on any atom is 0.250 e. The first-order chi connectivity index (χ1) is 9.54. The summed E-state index contributed by atoms with van der Waals surface area (Å²) in [4.78, 5) is 35.7. The zero-order valence-electron chi connectivity index (χ0n) is 12.7. The van der Waals surface area contributed by atoms with Gasteiger partial charge in [0.15, 0.2) is 0 Å². The standard InChI is InChI=1S/C13H18N2O3.C2H6/c1-4-10-7-15(13(18)9(10)2)11(8-16)5-6-12(17)14-3;1-2/h4,8,11H,1,5-7H2,2-3H3,(H,14,17);1-2H3. The van der Waals surface area contributed by atoms with Crippen LogP contribution in [-0.2, 0) is 14.4 Å². The molecule has 2 amide bonds. The van der Waals surface area contributed by atoms with Crippen molar-refractivity contribution >= 4 is 18.1 Å². The molecule has 0 aromatic heterocycles. The number of hydrogen-bond acceptors (Lipinski definition) is 3. The Balaban J connectivity index is 0.00000172. The molecular weight excluding hydrogens is 256 g/mol. The summed E-state index contributed by atoms with van der Waals surface area (Å²) in [6.45, 7) is 9.76. The Bertz CT molecular complexity index is 413. The molecule has 1 unspecified atom stereocenters. The largest absolute Gasteiger partial charge is 0.359 e. The second kappa shape index (κ2) is 9.07. The van der Waals surface area contributed by atoms with Gasteiger partial charge in [0.05, 0.1) is 6.04 Å². The lowest BCUT2D eigenvalue weighted by atomic mass is 10.1. The minimum Gasteiger partial charge on any atom is -0.359 e. The van der Waals surface area contributed by atoms with Crippen LogP contribution in [0.1, 0.15) is 33.6 Å². The van der Waals surface area contributed by atoms with Gasteiger partial charge in [0.1, 0.15) is 6.29 Å². The SMILES string of the molecule is C=CC1=C(C)C(=O)N(C(C=O)CCC(=O)NC)C1.CC. The number of hydrogen-bond donors (Lipinski definition) is 1. The second-order valence-corrected chi connectivity index (χ2v) is 4.20. The summed E-state index contributed by atoms with van der Waals surface area (Å²) in [5.74, 6) is -0.291. The molecule has 0 aromatic carbocycles. The predicted octanol–water partition coefficient (Wildman–Crippen LogP) is 1.45. The van der Waals surface area contributed by atoms with Gasteiger partial charge in [0.25, 0.3) is 5.91 Å². The molecule has 0 bridgehead atoms. The molecule has 5 nitrogen and oxygen atoms in total. The number of carbonyl (C=O) groups excluding carboxylic acids is 3. The lowest BCUT2D eigenvalue weighted by Gasteiger charge is -2.23. The van der Waals surface area contributed by atoms with Crippen LogP contribution < -0.4 is 5.32 Å². The summed E-state index contributed by atoms with van der Waals surface area (Å²) in [6.07, 6.45) is 2.92. The Kier molecular flexibility index (Phi) is 8.20. The van der Waals surface area contributed by atoms with Crippen molar-refractivity contribution in [3.05, 3.63) is 23.8 Å². The van der Waals surface area contributed by atoms with E-state index in [0.717, 1.165) is 11.9 Å². The van der Waals surface area contributed by atoms with Crippen molar-refractivity contribution in [1.29, 1.82) is 0 Å². The lowest BCUT2D eigenvalue weighted by molar-refractivity contribution is -0.131. The van der Waals surface area contributed by atoms with Crippen LogP contribution in [0.15, 0.2) is 23.8 Å². The average Bonchev–Trinajstić information content (AvgIpc) is 2.78. The highest BCUT2D eigenvalue weighted by Gasteiger charge is 2.31. The van der Waals surface area contributed by atoms with E-state index in [1.54, 1.807) is 20.0 Å². The Hall–Kier alpha value is -1.91. The van der Waals surface area contributed by atoms with Crippen molar-refractivity contribution in [2.24, 2.45) is 0 Å². The van der Waals surface area contributed by atoms with E-state index in [-0.39, 0.29) is 18.2 Å². The zero-order valence-corrected chi connectivity index (χ0v) is 12.7. The molecule has 0 spiro atoms. The summed E-state index contributed by atoms with van der Waals surface area (Å²) < 4.78 is 0. The number of rotatable bonds is 6. The first-order valence-corrected chi connectivity index (χ1v) is 6.84. The van der Waals surface area contributed by atoms with E-state index in [1.165, 1.54) is 4.90 Å². The van der Waals surface area contributed by atoms with Crippen LogP contribution in [0.5, 0.6) is 0 Å². The molecule has 1 atom stereocenters. The van der Waals surface area contributed by atoms with Gasteiger partial charge >= 0.3 is 0 Å². The Morgan fingerprint density at radius 1 is 1.50 bits per heavy atom. The highest BCUT2D eigenvalue weighted by Crippen LogP contribution is 2.22. The molecule has 1 aliphatic rings. The van der Waals surface area contributed by atoms with Crippen molar-refractivity contribution in [3.8, 4) is 0 Å². The van der Waals surface area contributed by atoms with Crippen LogP contribution in [0.3, 0.4) is 0 Å². The van der Waals surface area contributed by atoms with Gasteiger partial charge in [-0.2, -0.15) is 0 Å². The maximum absolute atomic E-state index is 12.0. The monoisotopic (exact) mass is 280 g/mol. The van der Waals surface area contributed by atoms with E-state index < -0.39 is 6.04 Å². The number of amides is 2. The summed E-state index contributed by atoms with van der Waals surface area (Å²) in [5, 5.41) is 2.49. The summed E-state index contributed by atoms with van der Waals surface area (Å²) >= 11 is 0. The molecular formula is C15H24N2O3. The first kappa shape index (κ1) is 18.1. The van der Waals surface area contributed by atoms with Crippen molar-refractivity contribution < 1.29 is 14.4 Å². The molecule has 1 N–H and O–H groups in total. The van der Waals surface area contributed by atoms with Gasteiger partial charge in [-0.25, -0.2) is 0 Å². The molecule has 0 saturated carbocycles. The predicted molar refractivity (Wildman–Crippen MR) is 79.1 cm³/mol. The number of carbonyl (C=O) groups is 3. The van der Waals surface area contributed by atoms with Gasteiger partial charge in [0, 0.05) is 25.6 Å². The molecule has 1 heterocycles. The molecule has 5 heteroatoms. The molecule has 1 aliphatic heterocycles. The lowest BCUT2D eigenvalue weighted by Crippen LogP contribution is -2.39. The fourth-order valence-electron chi connectivity index (χ4n) is 1.91. The molecule has 112 valence electrons. The first-order valence-electron chi connectivity index (χ1n) is 6.84. The maximum atomic E-state index is 12.0. The van der Waals surface area contributed by atoms with Gasteiger partial charge in [-0.3, -0.25) is 9.59 Å². The molecule has 0 radical (unpaired) electrons. The number of nitrogens with zero attached hydrogens (tertiary/aromatic N) is 1. The third-order valence-corrected chi connectivity index (χ3v) is 3.15. The smallest absolute Gasteiger partial charge is 0.250 e. The van der Waals surface area contributed by atoms with Gasteiger partial charge in [-0.15, -0.1) is 0 Å². The normalized spacial score (nSPS) is 15.4. The summed E-state index contributed by atoms with van der Waals surface area (Å²) in [5.41, 5.74) is 1.46.